The highest BCUT2D eigenvalue weighted by atomic mass is 35.5. The van der Waals surface area contributed by atoms with Gasteiger partial charge in [0, 0.05) is 10.0 Å². The van der Waals surface area contributed by atoms with Gasteiger partial charge in [-0.1, -0.05) is 23.2 Å². The van der Waals surface area contributed by atoms with Crippen molar-refractivity contribution in [2.75, 3.05) is 12.0 Å². The summed E-state index contributed by atoms with van der Waals surface area (Å²) in [7, 11) is -3.94. The van der Waals surface area contributed by atoms with E-state index in [1.54, 1.807) is 13.8 Å². The molecular weight excluding hydrogens is 381 g/mol. The number of rotatable bonds is 8. The van der Waals surface area contributed by atoms with Crippen molar-refractivity contribution >= 4 is 51.0 Å². The van der Waals surface area contributed by atoms with E-state index in [2.05, 4.69) is 4.72 Å². The number of nitrogens with one attached hydrogen (secondary N) is 1. The largest absolute Gasteiger partial charge is 0.462 e. The standard InChI is InChI=1S/C14H19Cl2NO4S2/c1-9(2)21-14(18)13(4-5-22-3)17-23(19,20)12-7-10(15)6-11(16)8-12/h6-9,13,17H,4-5H2,1-3H3. The van der Waals surface area contributed by atoms with Crippen molar-refractivity contribution in [3.8, 4) is 0 Å². The van der Waals surface area contributed by atoms with E-state index in [9.17, 15) is 13.2 Å². The Balaban J connectivity index is 3.02. The van der Waals surface area contributed by atoms with Crippen LogP contribution < -0.4 is 4.72 Å². The maximum Gasteiger partial charge on any atom is 0.324 e. The van der Waals surface area contributed by atoms with E-state index < -0.39 is 22.0 Å². The number of esters is 1. The molecule has 0 radical (unpaired) electrons. The van der Waals surface area contributed by atoms with E-state index in [1.165, 1.54) is 30.0 Å². The molecule has 9 heteroatoms. The summed E-state index contributed by atoms with van der Waals surface area (Å²) in [5.74, 6) is 0.00203. The van der Waals surface area contributed by atoms with Crippen LogP contribution in [0.2, 0.25) is 10.0 Å². The number of hydrogen-bond acceptors (Lipinski definition) is 5. The molecule has 0 bridgehead atoms. The first kappa shape index (κ1) is 20.6. The second kappa shape index (κ2) is 9.13. The molecule has 0 aliphatic heterocycles. The van der Waals surface area contributed by atoms with Crippen LogP contribution in [0.1, 0.15) is 20.3 Å². The van der Waals surface area contributed by atoms with Crippen molar-refractivity contribution in [2.45, 2.75) is 37.3 Å². The highest BCUT2D eigenvalue weighted by Gasteiger charge is 2.27. The fourth-order valence-corrected chi connectivity index (χ4v) is 4.13. The summed E-state index contributed by atoms with van der Waals surface area (Å²) in [4.78, 5) is 12.0. The van der Waals surface area contributed by atoms with E-state index in [0.717, 1.165) is 0 Å². The first-order valence-corrected chi connectivity index (χ1v) is 10.5. The van der Waals surface area contributed by atoms with Gasteiger partial charge in [-0.2, -0.15) is 16.5 Å². The number of carbonyl (C=O) groups excluding carboxylic acids is 1. The summed E-state index contributed by atoms with van der Waals surface area (Å²) in [5.41, 5.74) is 0. The number of sulfonamides is 1. The van der Waals surface area contributed by atoms with E-state index in [0.29, 0.717) is 12.2 Å². The average Bonchev–Trinajstić information content (AvgIpc) is 2.41. The molecule has 23 heavy (non-hydrogen) atoms. The molecular formula is C14H19Cl2NO4S2. The minimum absolute atomic E-state index is 0.0958. The Kier molecular flexibility index (Phi) is 8.17. The van der Waals surface area contributed by atoms with Crippen LogP contribution in [0, 0.1) is 0 Å². The molecule has 1 rings (SSSR count). The van der Waals surface area contributed by atoms with Crippen LogP contribution in [0.4, 0.5) is 0 Å². The minimum Gasteiger partial charge on any atom is -0.462 e. The number of thioether (sulfide) groups is 1. The van der Waals surface area contributed by atoms with E-state index in [4.69, 9.17) is 27.9 Å². The van der Waals surface area contributed by atoms with E-state index >= 15 is 0 Å². The Morgan fingerprint density at radius 2 is 1.83 bits per heavy atom. The maximum atomic E-state index is 12.5. The molecule has 1 aromatic carbocycles. The van der Waals surface area contributed by atoms with Crippen LogP contribution in [0.3, 0.4) is 0 Å². The van der Waals surface area contributed by atoms with Gasteiger partial charge in [-0.3, -0.25) is 4.79 Å². The van der Waals surface area contributed by atoms with Gasteiger partial charge in [0.2, 0.25) is 10.0 Å². The highest BCUT2D eigenvalue weighted by Crippen LogP contribution is 2.22. The zero-order valence-electron chi connectivity index (χ0n) is 13.0. The van der Waals surface area contributed by atoms with Gasteiger partial charge in [0.15, 0.2) is 0 Å². The average molecular weight is 400 g/mol. The summed E-state index contributed by atoms with van der Waals surface area (Å²) in [6.45, 7) is 3.41. The Bertz CT molecular complexity index is 630. The molecule has 0 spiro atoms. The first-order chi connectivity index (χ1) is 10.7. The third kappa shape index (κ3) is 6.89. The Morgan fingerprint density at radius 3 is 2.30 bits per heavy atom. The predicted octanol–water partition coefficient (Wildman–Crippen LogP) is 3.35. The number of ether oxygens (including phenoxy) is 1. The molecule has 0 heterocycles. The fourth-order valence-electron chi connectivity index (χ4n) is 1.71. The van der Waals surface area contributed by atoms with Gasteiger partial charge in [-0.05, 0) is 50.5 Å². The Morgan fingerprint density at radius 1 is 1.26 bits per heavy atom. The molecule has 0 fully saturated rings. The van der Waals surface area contributed by atoms with Crippen LogP contribution >= 0.6 is 35.0 Å². The second-order valence-electron chi connectivity index (χ2n) is 5.05. The lowest BCUT2D eigenvalue weighted by Crippen LogP contribution is -2.42. The maximum absolute atomic E-state index is 12.5. The van der Waals surface area contributed by atoms with Crippen LogP contribution in [0.5, 0.6) is 0 Å². The SMILES string of the molecule is CSCCC(NS(=O)(=O)c1cc(Cl)cc(Cl)c1)C(=O)OC(C)C. The number of halogens is 2. The van der Waals surface area contributed by atoms with E-state index in [-0.39, 0.29) is 21.0 Å². The fraction of sp³-hybridized carbons (Fsp3) is 0.500. The summed E-state index contributed by atoms with van der Waals surface area (Å²) >= 11 is 13.2. The molecule has 5 nitrogen and oxygen atoms in total. The van der Waals surface area contributed by atoms with Gasteiger partial charge >= 0.3 is 5.97 Å². The highest BCUT2D eigenvalue weighted by molar-refractivity contribution is 7.98. The van der Waals surface area contributed by atoms with Gasteiger partial charge in [-0.15, -0.1) is 0 Å². The van der Waals surface area contributed by atoms with Crippen molar-refractivity contribution < 1.29 is 17.9 Å². The normalized spacial score (nSPS) is 13.1. The van der Waals surface area contributed by atoms with Gasteiger partial charge < -0.3 is 4.74 Å². The number of hydrogen-bond donors (Lipinski definition) is 1. The summed E-state index contributed by atoms with van der Waals surface area (Å²) < 4.78 is 32.4. The van der Waals surface area contributed by atoms with Crippen LogP contribution in [0.15, 0.2) is 23.1 Å². The molecule has 1 atom stereocenters. The van der Waals surface area contributed by atoms with Gasteiger partial charge in [0.25, 0.3) is 0 Å². The second-order valence-corrected chi connectivity index (χ2v) is 8.62. The lowest BCUT2D eigenvalue weighted by atomic mass is 10.2. The zero-order valence-corrected chi connectivity index (χ0v) is 16.2. The van der Waals surface area contributed by atoms with Gasteiger partial charge in [0.1, 0.15) is 6.04 Å². The van der Waals surface area contributed by atoms with Crippen molar-refractivity contribution in [3.63, 3.8) is 0 Å². The van der Waals surface area contributed by atoms with Crippen LogP contribution in [0.25, 0.3) is 0 Å². The Labute approximate surface area is 151 Å². The smallest absolute Gasteiger partial charge is 0.324 e. The van der Waals surface area contributed by atoms with Crippen LogP contribution in [-0.4, -0.2) is 38.5 Å². The van der Waals surface area contributed by atoms with Gasteiger partial charge in [-0.25, -0.2) is 8.42 Å². The molecule has 0 amide bonds. The summed E-state index contributed by atoms with van der Waals surface area (Å²) in [6, 6.07) is 3.01. The molecule has 1 N–H and O–H groups in total. The van der Waals surface area contributed by atoms with Crippen molar-refractivity contribution in [1.29, 1.82) is 0 Å². The lowest BCUT2D eigenvalue weighted by molar-refractivity contribution is -0.149. The van der Waals surface area contributed by atoms with Crippen molar-refractivity contribution in [1.82, 2.24) is 4.72 Å². The zero-order chi connectivity index (χ0) is 17.6. The van der Waals surface area contributed by atoms with Gasteiger partial charge in [0.05, 0.1) is 11.0 Å². The van der Waals surface area contributed by atoms with Crippen molar-refractivity contribution in [3.05, 3.63) is 28.2 Å². The molecule has 0 saturated heterocycles. The molecule has 1 aromatic rings. The molecule has 130 valence electrons. The quantitative estimate of drug-likeness (QED) is 0.678. The first-order valence-electron chi connectivity index (χ1n) is 6.83. The third-order valence-corrected chi connectivity index (χ3v) is 5.22. The minimum atomic E-state index is -3.94. The molecule has 0 aromatic heterocycles. The third-order valence-electron chi connectivity index (χ3n) is 2.69. The van der Waals surface area contributed by atoms with Crippen molar-refractivity contribution in [2.24, 2.45) is 0 Å². The summed E-state index contributed by atoms with van der Waals surface area (Å²) in [6.07, 6.45) is 1.86. The Hall–Kier alpha value is -0.470. The topological polar surface area (TPSA) is 72.5 Å². The monoisotopic (exact) mass is 399 g/mol. The van der Waals surface area contributed by atoms with Crippen LogP contribution in [-0.2, 0) is 19.6 Å². The lowest BCUT2D eigenvalue weighted by Gasteiger charge is -2.19. The van der Waals surface area contributed by atoms with E-state index in [1.807, 2.05) is 6.26 Å². The molecule has 0 saturated carbocycles. The molecule has 1 unspecified atom stereocenters. The predicted molar refractivity (Wildman–Crippen MR) is 94.8 cm³/mol. The number of benzene rings is 1. The summed E-state index contributed by atoms with van der Waals surface area (Å²) in [5, 5.41) is 0.395. The molecule has 0 aliphatic rings. The molecule has 0 aliphatic carbocycles. The number of carbonyl (C=O) groups is 1.